The summed E-state index contributed by atoms with van der Waals surface area (Å²) < 4.78 is 7.81. The van der Waals surface area contributed by atoms with Crippen molar-refractivity contribution in [2.24, 2.45) is 22.7 Å². The minimum Gasteiger partial charge on any atom is -0.394 e. The van der Waals surface area contributed by atoms with Crippen LogP contribution < -0.4 is 17.4 Å². The fourth-order valence-corrected chi connectivity index (χ4v) is 3.20. The summed E-state index contributed by atoms with van der Waals surface area (Å²) in [7, 11) is 1.63. The third kappa shape index (κ3) is 2.54. The Balaban J connectivity index is 2.19. The Morgan fingerprint density at radius 3 is 2.88 bits per heavy atom. The molecule has 1 aliphatic rings. The zero-order valence-corrected chi connectivity index (χ0v) is 13.6. The lowest BCUT2D eigenvalue weighted by Gasteiger charge is -2.18. The first-order chi connectivity index (χ1) is 11.5. The predicted octanol–water partition coefficient (Wildman–Crippen LogP) is -0.645. The second-order valence-corrected chi connectivity index (χ2v) is 6.02. The lowest BCUT2D eigenvalue weighted by atomic mass is 10.1. The summed E-state index contributed by atoms with van der Waals surface area (Å²) in [6, 6.07) is 0. The van der Waals surface area contributed by atoms with E-state index in [1.165, 1.54) is 11.3 Å². The first-order valence-corrected chi connectivity index (χ1v) is 7.61. The molecule has 1 saturated heterocycles. The van der Waals surface area contributed by atoms with E-state index in [-0.39, 0.29) is 24.9 Å². The number of nitrogen functional groups attached to an aromatic ring is 1. The van der Waals surface area contributed by atoms with E-state index in [2.05, 4.69) is 22.0 Å². The monoisotopic (exact) mass is 334 g/mol. The Morgan fingerprint density at radius 2 is 2.29 bits per heavy atom. The molecular formula is C14H22N8O2. The highest BCUT2D eigenvalue weighted by Crippen LogP contribution is 2.37. The van der Waals surface area contributed by atoms with Gasteiger partial charge in [-0.05, 0) is 6.42 Å². The highest BCUT2D eigenvalue weighted by atomic mass is 16.5. The molecule has 0 amide bonds. The Morgan fingerprint density at radius 1 is 1.54 bits per heavy atom. The lowest BCUT2D eigenvalue weighted by Crippen LogP contribution is -2.34. The minimum absolute atomic E-state index is 0.0228. The average molecular weight is 334 g/mol. The molecule has 1 aliphatic heterocycles. The van der Waals surface area contributed by atoms with Crippen LogP contribution in [0.2, 0.25) is 0 Å². The van der Waals surface area contributed by atoms with Crippen molar-refractivity contribution in [3.8, 4) is 0 Å². The quantitative estimate of drug-likeness (QED) is 0.250. The molecule has 0 bridgehead atoms. The third-order valence-corrected chi connectivity index (χ3v) is 4.27. The molecule has 0 spiro atoms. The van der Waals surface area contributed by atoms with Crippen LogP contribution in [0.3, 0.4) is 0 Å². The minimum atomic E-state index is -0.283. The van der Waals surface area contributed by atoms with Gasteiger partial charge in [-0.1, -0.05) is 6.92 Å². The molecule has 0 radical (unpaired) electrons. The van der Waals surface area contributed by atoms with E-state index >= 15 is 0 Å². The number of anilines is 1. The largest absolute Gasteiger partial charge is 0.394 e. The van der Waals surface area contributed by atoms with Crippen molar-refractivity contribution < 1.29 is 9.84 Å². The van der Waals surface area contributed by atoms with Gasteiger partial charge in [-0.25, -0.2) is 15.8 Å². The van der Waals surface area contributed by atoms with Crippen LogP contribution in [0.15, 0.2) is 17.6 Å². The smallest absolute Gasteiger partial charge is 0.171 e. The molecule has 24 heavy (non-hydrogen) atoms. The highest BCUT2D eigenvalue weighted by Gasteiger charge is 2.35. The van der Waals surface area contributed by atoms with Crippen LogP contribution in [-0.4, -0.2) is 50.2 Å². The number of aliphatic hydroxyl groups is 1. The summed E-state index contributed by atoms with van der Waals surface area (Å²) in [6.45, 7) is 2.04. The van der Waals surface area contributed by atoms with Crippen LogP contribution >= 0.6 is 0 Å². The first-order valence-electron chi connectivity index (χ1n) is 7.61. The molecular weight excluding hydrogens is 312 g/mol. The van der Waals surface area contributed by atoms with Gasteiger partial charge < -0.3 is 26.0 Å². The van der Waals surface area contributed by atoms with E-state index < -0.39 is 0 Å². The first kappa shape index (κ1) is 16.4. The standard InChI is InChI=1S/C14H22N8O2/c1-7-3-8(5-23)24-14(7)22-4-9(12(20-16)21(2)17)10-11(15)18-6-19-13(10)22/h4,6-8,14,23H,3,5,16-17H2,1-2H3,(H2,15,18,19)/b20-12-/t7?,8-,14+/m0/s1. The molecule has 3 atom stereocenters. The number of fused-ring (bicyclic) bond motifs is 1. The lowest BCUT2D eigenvalue weighted by molar-refractivity contribution is -0.0291. The zero-order valence-electron chi connectivity index (χ0n) is 13.6. The molecule has 10 nitrogen and oxygen atoms in total. The van der Waals surface area contributed by atoms with Crippen LogP contribution in [0.5, 0.6) is 0 Å². The van der Waals surface area contributed by atoms with Crippen LogP contribution in [0.1, 0.15) is 25.1 Å². The van der Waals surface area contributed by atoms with Crippen molar-refractivity contribution in [3.05, 3.63) is 18.1 Å². The van der Waals surface area contributed by atoms with Crippen LogP contribution in [0.25, 0.3) is 11.0 Å². The summed E-state index contributed by atoms with van der Waals surface area (Å²) in [5.41, 5.74) is 7.28. The van der Waals surface area contributed by atoms with E-state index in [9.17, 15) is 5.11 Å². The van der Waals surface area contributed by atoms with Gasteiger partial charge in [0, 0.05) is 19.2 Å². The van der Waals surface area contributed by atoms with Gasteiger partial charge >= 0.3 is 0 Å². The number of aliphatic hydroxyl groups excluding tert-OH is 1. The summed E-state index contributed by atoms with van der Waals surface area (Å²) >= 11 is 0. The number of hydrogen-bond donors (Lipinski definition) is 4. The van der Waals surface area contributed by atoms with E-state index in [1.54, 1.807) is 7.05 Å². The number of nitrogens with two attached hydrogens (primary N) is 3. The molecule has 10 heteroatoms. The van der Waals surface area contributed by atoms with Crippen molar-refractivity contribution in [1.29, 1.82) is 0 Å². The molecule has 2 aromatic rings. The molecule has 0 aromatic carbocycles. The van der Waals surface area contributed by atoms with E-state index in [4.69, 9.17) is 22.2 Å². The second-order valence-electron chi connectivity index (χ2n) is 6.02. The van der Waals surface area contributed by atoms with Gasteiger partial charge in [0.05, 0.1) is 23.7 Å². The molecule has 130 valence electrons. The highest BCUT2D eigenvalue weighted by molar-refractivity contribution is 6.11. The number of hydrazone groups is 1. The predicted molar refractivity (Wildman–Crippen MR) is 89.4 cm³/mol. The van der Waals surface area contributed by atoms with E-state index in [1.807, 2.05) is 10.8 Å². The van der Waals surface area contributed by atoms with Gasteiger partial charge in [0.15, 0.2) is 5.84 Å². The summed E-state index contributed by atoms with van der Waals surface area (Å²) in [6.07, 6.45) is 3.48. The molecule has 2 aromatic heterocycles. The normalized spacial score (nSPS) is 24.7. The number of nitrogens with zero attached hydrogens (tertiary/aromatic N) is 5. The number of hydrogen-bond acceptors (Lipinski definition) is 8. The number of ether oxygens (including phenoxy) is 1. The summed E-state index contributed by atoms with van der Waals surface area (Å²) in [4.78, 5) is 8.39. The Bertz CT molecular complexity index is 771. The maximum atomic E-state index is 9.37. The van der Waals surface area contributed by atoms with Crippen molar-refractivity contribution in [3.63, 3.8) is 0 Å². The Hall–Kier alpha value is -2.43. The zero-order chi connectivity index (χ0) is 17.4. The third-order valence-electron chi connectivity index (χ3n) is 4.27. The van der Waals surface area contributed by atoms with Gasteiger partial charge in [-0.3, -0.25) is 5.01 Å². The topological polar surface area (TPSA) is 154 Å². The second kappa shape index (κ2) is 6.23. The van der Waals surface area contributed by atoms with Crippen molar-refractivity contribution in [2.45, 2.75) is 25.7 Å². The fraction of sp³-hybridized carbons (Fsp3) is 0.500. The van der Waals surface area contributed by atoms with Gasteiger partial charge in [0.25, 0.3) is 0 Å². The Kier molecular flexibility index (Phi) is 4.26. The van der Waals surface area contributed by atoms with E-state index in [0.717, 1.165) is 6.42 Å². The Labute approximate surface area is 138 Å². The van der Waals surface area contributed by atoms with Crippen LogP contribution in [-0.2, 0) is 4.74 Å². The molecule has 3 rings (SSSR count). The van der Waals surface area contributed by atoms with E-state index in [0.29, 0.717) is 28.3 Å². The molecule has 3 heterocycles. The molecule has 7 N–H and O–H groups in total. The van der Waals surface area contributed by atoms with Crippen molar-refractivity contribution in [1.82, 2.24) is 19.5 Å². The number of aromatic nitrogens is 3. The maximum absolute atomic E-state index is 9.37. The summed E-state index contributed by atoms with van der Waals surface area (Å²) in [5.74, 6) is 12.2. The SMILES string of the molecule is CC1C[C@@H](CO)O[C@H]1n1cc(/C(=N/N)N(C)N)c2c(N)ncnc21. The van der Waals surface area contributed by atoms with Crippen LogP contribution in [0.4, 0.5) is 5.82 Å². The summed E-state index contributed by atoms with van der Waals surface area (Å²) in [5, 5.41) is 15.0. The molecule has 0 aliphatic carbocycles. The maximum Gasteiger partial charge on any atom is 0.171 e. The number of amidine groups is 1. The molecule has 1 fully saturated rings. The van der Waals surface area contributed by atoms with Crippen molar-refractivity contribution >= 4 is 22.7 Å². The average Bonchev–Trinajstić information content (AvgIpc) is 3.09. The number of hydrazine groups is 1. The molecule has 0 saturated carbocycles. The van der Waals surface area contributed by atoms with Crippen molar-refractivity contribution in [2.75, 3.05) is 19.4 Å². The van der Waals surface area contributed by atoms with Gasteiger partial charge in [0.2, 0.25) is 0 Å². The fourth-order valence-electron chi connectivity index (χ4n) is 3.20. The van der Waals surface area contributed by atoms with Gasteiger partial charge in [-0.15, -0.1) is 0 Å². The van der Waals surface area contributed by atoms with Gasteiger partial charge in [0.1, 0.15) is 24.0 Å². The molecule has 1 unspecified atom stereocenters. The van der Waals surface area contributed by atoms with Crippen LogP contribution in [0, 0.1) is 5.92 Å². The number of rotatable bonds is 3. The van der Waals surface area contributed by atoms with Gasteiger partial charge in [-0.2, -0.15) is 5.10 Å².